The minimum Gasteiger partial charge on any atom is -0.497 e. The van der Waals surface area contributed by atoms with Gasteiger partial charge in [0, 0.05) is 24.3 Å². The Morgan fingerprint density at radius 2 is 1.58 bits per heavy atom. The van der Waals surface area contributed by atoms with Gasteiger partial charge >= 0.3 is 5.97 Å². The first-order chi connectivity index (χ1) is 20.4. The van der Waals surface area contributed by atoms with E-state index in [2.05, 4.69) is 20.4 Å². The van der Waals surface area contributed by atoms with Crippen molar-refractivity contribution in [3.63, 3.8) is 0 Å². The third-order valence-corrected chi connectivity index (χ3v) is 8.03. The Balaban J connectivity index is 1.82. The van der Waals surface area contributed by atoms with Crippen LogP contribution in [0.4, 0.5) is 0 Å². The second-order valence-corrected chi connectivity index (χ2v) is 11.9. The van der Waals surface area contributed by atoms with E-state index in [-0.39, 0.29) is 30.1 Å². The summed E-state index contributed by atoms with van der Waals surface area (Å²) < 4.78 is 36.7. The highest BCUT2D eigenvalue weighted by molar-refractivity contribution is 5.79. The lowest BCUT2D eigenvalue weighted by molar-refractivity contribution is -0.339. The number of rotatable bonds is 16. The number of hydrogen-bond donors (Lipinski definition) is 1. The molecule has 0 aromatic heterocycles. The maximum atomic E-state index is 11.3. The SMILES string of the molecule is C=CC[C@@](C)(OCc1ccc(OC)cc1)[C@H]1C[C@@H]([C@@H](C)[C@H](OCc2ccc(OC)cc2)[C@@H](C)/C=C/C(=O)O)OC(C)(C)O1. The molecule has 0 unspecified atom stereocenters. The number of carboxylic acid groups (broad SMARTS) is 1. The van der Waals surface area contributed by atoms with E-state index in [0.717, 1.165) is 22.6 Å². The van der Waals surface area contributed by atoms with E-state index in [1.807, 2.05) is 75.4 Å². The number of carbonyl (C=O) groups is 1. The van der Waals surface area contributed by atoms with Gasteiger partial charge in [-0.05, 0) is 62.6 Å². The molecule has 6 atom stereocenters. The third-order valence-electron chi connectivity index (χ3n) is 8.03. The van der Waals surface area contributed by atoms with Gasteiger partial charge in [0.2, 0.25) is 0 Å². The molecule has 3 rings (SSSR count). The Bertz CT molecular complexity index is 1190. The molecule has 2 aromatic rings. The Morgan fingerprint density at radius 1 is 1.02 bits per heavy atom. The number of ether oxygens (including phenoxy) is 6. The molecule has 0 amide bonds. The molecule has 1 N–H and O–H groups in total. The largest absolute Gasteiger partial charge is 0.497 e. The van der Waals surface area contributed by atoms with Crippen molar-refractivity contribution in [1.82, 2.24) is 0 Å². The Hall–Kier alpha value is -3.17. The standard InChI is InChI=1S/C35H48O8/c1-9-20-35(6,41-23-27-13-17-29(39-8)18-14-27)31-21-30(42-34(4,5)43-31)25(3)33(24(2)10-19-32(36)37)40-22-26-11-15-28(38-7)16-12-26/h9-19,24-25,30-31,33H,1,20-23H2,2-8H3,(H,36,37)/b19-10+/t24-,25+,30-,31+,33+,35+/m0/s1. The van der Waals surface area contributed by atoms with Crippen LogP contribution in [-0.2, 0) is 37.0 Å². The second-order valence-electron chi connectivity index (χ2n) is 11.9. The molecule has 0 saturated carbocycles. The third kappa shape index (κ3) is 9.93. The average Bonchev–Trinajstić information content (AvgIpc) is 2.98. The first-order valence-corrected chi connectivity index (χ1v) is 14.8. The highest BCUT2D eigenvalue weighted by Gasteiger charge is 2.47. The van der Waals surface area contributed by atoms with Crippen molar-refractivity contribution >= 4 is 5.97 Å². The fraction of sp³-hybridized carbons (Fsp3) is 0.514. The van der Waals surface area contributed by atoms with Gasteiger partial charge in [0.05, 0.1) is 51.3 Å². The highest BCUT2D eigenvalue weighted by atomic mass is 16.7. The van der Waals surface area contributed by atoms with Gasteiger partial charge in [0.25, 0.3) is 0 Å². The van der Waals surface area contributed by atoms with E-state index < -0.39 is 17.4 Å². The predicted molar refractivity (Wildman–Crippen MR) is 166 cm³/mol. The number of methoxy groups -OCH3 is 2. The zero-order valence-electron chi connectivity index (χ0n) is 26.6. The summed E-state index contributed by atoms with van der Waals surface area (Å²) in [6.07, 6.45) is 4.98. The normalized spacial score (nSPS) is 21.8. The van der Waals surface area contributed by atoms with E-state index in [9.17, 15) is 9.90 Å². The fourth-order valence-corrected chi connectivity index (χ4v) is 5.53. The lowest BCUT2D eigenvalue weighted by Crippen LogP contribution is -2.56. The molecular weight excluding hydrogens is 548 g/mol. The second kappa shape index (κ2) is 15.5. The summed E-state index contributed by atoms with van der Waals surface area (Å²) in [4.78, 5) is 11.3. The van der Waals surface area contributed by atoms with Crippen molar-refractivity contribution in [2.45, 2.75) is 90.4 Å². The van der Waals surface area contributed by atoms with Gasteiger partial charge in [0.1, 0.15) is 11.5 Å². The molecule has 0 radical (unpaired) electrons. The summed E-state index contributed by atoms with van der Waals surface area (Å²) in [5.74, 6) is -0.609. The van der Waals surface area contributed by atoms with Crippen LogP contribution >= 0.6 is 0 Å². The molecule has 0 aliphatic carbocycles. The minimum atomic E-state index is -0.994. The van der Waals surface area contributed by atoms with Crippen molar-refractivity contribution in [1.29, 1.82) is 0 Å². The molecule has 1 heterocycles. The minimum absolute atomic E-state index is 0.105. The van der Waals surface area contributed by atoms with Gasteiger partial charge in [0.15, 0.2) is 5.79 Å². The Labute approximate surface area is 256 Å². The summed E-state index contributed by atoms with van der Waals surface area (Å²) in [6.45, 7) is 14.7. The van der Waals surface area contributed by atoms with Crippen LogP contribution < -0.4 is 9.47 Å². The van der Waals surface area contributed by atoms with Gasteiger partial charge in [-0.2, -0.15) is 0 Å². The van der Waals surface area contributed by atoms with Crippen LogP contribution in [0.5, 0.6) is 11.5 Å². The number of carboxylic acids is 1. The molecule has 1 fully saturated rings. The van der Waals surface area contributed by atoms with Crippen molar-refractivity contribution in [3.05, 3.63) is 84.5 Å². The van der Waals surface area contributed by atoms with Gasteiger partial charge in [-0.15, -0.1) is 6.58 Å². The summed E-state index contributed by atoms with van der Waals surface area (Å²) in [6, 6.07) is 15.5. The zero-order chi connectivity index (χ0) is 31.6. The van der Waals surface area contributed by atoms with Crippen molar-refractivity contribution in [2.24, 2.45) is 11.8 Å². The van der Waals surface area contributed by atoms with Crippen LogP contribution in [0.1, 0.15) is 58.6 Å². The molecule has 43 heavy (non-hydrogen) atoms. The van der Waals surface area contributed by atoms with Crippen molar-refractivity contribution in [3.8, 4) is 11.5 Å². The average molecular weight is 597 g/mol. The topological polar surface area (TPSA) is 92.7 Å². The molecule has 0 spiro atoms. The number of hydrogen-bond acceptors (Lipinski definition) is 7. The van der Waals surface area contributed by atoms with E-state index in [1.165, 1.54) is 6.08 Å². The highest BCUT2D eigenvalue weighted by Crippen LogP contribution is 2.40. The Morgan fingerprint density at radius 3 is 2.09 bits per heavy atom. The van der Waals surface area contributed by atoms with Gasteiger partial charge in [-0.1, -0.05) is 50.3 Å². The number of aliphatic carboxylic acids is 1. The van der Waals surface area contributed by atoms with Crippen LogP contribution in [0.15, 0.2) is 73.3 Å². The maximum Gasteiger partial charge on any atom is 0.327 e. The zero-order valence-corrected chi connectivity index (χ0v) is 26.6. The van der Waals surface area contributed by atoms with Crippen LogP contribution in [0, 0.1) is 11.8 Å². The van der Waals surface area contributed by atoms with E-state index in [0.29, 0.717) is 26.1 Å². The van der Waals surface area contributed by atoms with E-state index in [4.69, 9.17) is 28.4 Å². The molecule has 0 bridgehead atoms. The molecule has 236 valence electrons. The first-order valence-electron chi connectivity index (χ1n) is 14.8. The maximum absolute atomic E-state index is 11.3. The quantitative estimate of drug-likeness (QED) is 0.164. The van der Waals surface area contributed by atoms with Gasteiger partial charge in [-0.3, -0.25) is 0 Å². The molecule has 2 aromatic carbocycles. The van der Waals surface area contributed by atoms with Crippen LogP contribution in [0.25, 0.3) is 0 Å². The summed E-state index contributed by atoms with van der Waals surface area (Å²) >= 11 is 0. The first kappa shape index (κ1) is 34.3. The molecule has 1 saturated heterocycles. The van der Waals surface area contributed by atoms with E-state index in [1.54, 1.807) is 20.3 Å². The molecule has 8 heteroatoms. The van der Waals surface area contributed by atoms with E-state index >= 15 is 0 Å². The summed E-state index contributed by atoms with van der Waals surface area (Å²) in [7, 11) is 3.28. The number of benzene rings is 2. The molecule has 8 nitrogen and oxygen atoms in total. The van der Waals surface area contributed by atoms with Crippen LogP contribution in [-0.4, -0.2) is 55.0 Å². The van der Waals surface area contributed by atoms with Crippen molar-refractivity contribution in [2.75, 3.05) is 14.2 Å². The van der Waals surface area contributed by atoms with Crippen LogP contribution in [0.3, 0.4) is 0 Å². The van der Waals surface area contributed by atoms with Crippen LogP contribution in [0.2, 0.25) is 0 Å². The Kier molecular flexibility index (Phi) is 12.4. The summed E-state index contributed by atoms with van der Waals surface area (Å²) in [5.41, 5.74) is 1.34. The smallest absolute Gasteiger partial charge is 0.327 e. The predicted octanol–water partition coefficient (Wildman–Crippen LogP) is 6.96. The molecular formula is C35H48O8. The van der Waals surface area contributed by atoms with Crippen molar-refractivity contribution < 1.29 is 38.3 Å². The van der Waals surface area contributed by atoms with Gasteiger partial charge < -0.3 is 33.5 Å². The summed E-state index contributed by atoms with van der Waals surface area (Å²) in [5, 5.41) is 9.28. The lowest BCUT2D eigenvalue weighted by atomic mass is 9.82. The monoisotopic (exact) mass is 596 g/mol. The fourth-order valence-electron chi connectivity index (χ4n) is 5.53. The molecule has 1 aliphatic rings. The molecule has 1 aliphatic heterocycles. The lowest BCUT2D eigenvalue weighted by Gasteiger charge is -2.49. The van der Waals surface area contributed by atoms with Gasteiger partial charge in [-0.25, -0.2) is 4.79 Å².